The van der Waals surface area contributed by atoms with E-state index >= 15 is 0 Å². The van der Waals surface area contributed by atoms with Crippen LogP contribution in [0.1, 0.15) is 18.4 Å². The van der Waals surface area contributed by atoms with Crippen LogP contribution in [0.25, 0.3) is 5.57 Å². The molecule has 0 bridgehead atoms. The molecule has 4 rings (SSSR count). The van der Waals surface area contributed by atoms with Crippen LogP contribution in [0.15, 0.2) is 47.0 Å². The van der Waals surface area contributed by atoms with Crippen LogP contribution < -0.4 is 4.74 Å². The second-order valence-corrected chi connectivity index (χ2v) is 8.02. The van der Waals surface area contributed by atoms with E-state index in [1.165, 1.54) is 0 Å². The first-order valence-corrected chi connectivity index (χ1v) is 10.0. The number of hydrogen-bond donors (Lipinski definition) is 0. The number of ether oxygens (including phenoxy) is 2. The summed E-state index contributed by atoms with van der Waals surface area (Å²) in [6.45, 7) is 1.91. The molecule has 3 aliphatic rings. The lowest BCUT2D eigenvalue weighted by Gasteiger charge is -2.29. The van der Waals surface area contributed by atoms with Gasteiger partial charge in [0.1, 0.15) is 11.9 Å². The van der Waals surface area contributed by atoms with Crippen LogP contribution >= 0.6 is 0 Å². The monoisotopic (exact) mass is 360 g/mol. The van der Waals surface area contributed by atoms with Gasteiger partial charge in [0.05, 0.1) is 19.0 Å². The van der Waals surface area contributed by atoms with Crippen molar-refractivity contribution < 1.29 is 17.9 Å². The van der Waals surface area contributed by atoms with Crippen molar-refractivity contribution in [1.29, 1.82) is 0 Å². The first kappa shape index (κ1) is 16.4. The van der Waals surface area contributed by atoms with Crippen molar-refractivity contribution in [1.82, 2.24) is 4.90 Å². The van der Waals surface area contributed by atoms with Crippen molar-refractivity contribution >= 4 is 21.4 Å². The van der Waals surface area contributed by atoms with Gasteiger partial charge in [0.15, 0.2) is 5.84 Å². The summed E-state index contributed by atoms with van der Waals surface area (Å²) in [5, 5.41) is 0. The third-order valence-electron chi connectivity index (χ3n) is 4.49. The highest BCUT2D eigenvalue weighted by atomic mass is 32.2. The van der Waals surface area contributed by atoms with E-state index in [0.29, 0.717) is 12.4 Å². The molecule has 1 aromatic rings. The van der Waals surface area contributed by atoms with Gasteiger partial charge in [-0.3, -0.25) is 0 Å². The molecule has 0 radical (unpaired) electrons. The topological polar surface area (TPSA) is 68.2 Å². The predicted molar refractivity (Wildman–Crippen MR) is 96.0 cm³/mol. The van der Waals surface area contributed by atoms with Gasteiger partial charge in [-0.2, -0.15) is 0 Å². The van der Waals surface area contributed by atoms with E-state index in [1.54, 1.807) is 0 Å². The van der Waals surface area contributed by atoms with Crippen LogP contribution in [0.5, 0.6) is 5.75 Å². The van der Waals surface area contributed by atoms with Crippen molar-refractivity contribution in [3.05, 3.63) is 48.2 Å². The molecule has 0 saturated carbocycles. The quantitative estimate of drug-likeness (QED) is 0.827. The number of fused-ring (bicyclic) bond motifs is 1. The highest BCUT2D eigenvalue weighted by Crippen LogP contribution is 2.27. The number of benzene rings is 1. The highest BCUT2D eigenvalue weighted by Gasteiger charge is 2.27. The van der Waals surface area contributed by atoms with E-state index in [4.69, 9.17) is 9.47 Å². The minimum atomic E-state index is -3.39. The lowest BCUT2D eigenvalue weighted by atomic mass is 10.0. The standard InChI is InChI=1S/C18H20N2O4S/c21-25(22)13-10-20-9-1-2-17(18(20)19-25)14-3-5-15(6-4-14)24-16-7-11-23-12-8-16/h1-6,9,16H,7-8,10-13H2. The molecule has 0 unspecified atom stereocenters. The maximum absolute atomic E-state index is 11.9. The second-order valence-electron chi connectivity index (χ2n) is 6.27. The fourth-order valence-electron chi connectivity index (χ4n) is 3.14. The molecule has 25 heavy (non-hydrogen) atoms. The highest BCUT2D eigenvalue weighted by molar-refractivity contribution is 7.90. The van der Waals surface area contributed by atoms with Crippen molar-refractivity contribution in [2.75, 3.05) is 25.5 Å². The summed E-state index contributed by atoms with van der Waals surface area (Å²) in [5.74, 6) is 1.36. The largest absolute Gasteiger partial charge is 0.490 e. The average molecular weight is 360 g/mol. The number of allylic oxidation sites excluding steroid dienone is 2. The molecule has 132 valence electrons. The Morgan fingerprint density at radius 3 is 2.68 bits per heavy atom. The maximum Gasteiger partial charge on any atom is 0.256 e. The van der Waals surface area contributed by atoms with Crippen molar-refractivity contribution in [2.45, 2.75) is 18.9 Å². The zero-order valence-corrected chi connectivity index (χ0v) is 14.6. The van der Waals surface area contributed by atoms with Gasteiger partial charge >= 0.3 is 0 Å². The summed E-state index contributed by atoms with van der Waals surface area (Å²) in [4.78, 5) is 1.88. The summed E-state index contributed by atoms with van der Waals surface area (Å²) in [5.41, 5.74) is 1.73. The third-order valence-corrected chi connectivity index (χ3v) is 5.64. The minimum absolute atomic E-state index is 0.0476. The predicted octanol–water partition coefficient (Wildman–Crippen LogP) is 2.20. The number of nitrogens with zero attached hydrogens (tertiary/aromatic N) is 2. The number of sulfonamides is 1. The first-order chi connectivity index (χ1) is 12.1. The fraction of sp³-hybridized carbons (Fsp3) is 0.389. The van der Waals surface area contributed by atoms with E-state index < -0.39 is 10.0 Å². The van der Waals surface area contributed by atoms with Crippen molar-refractivity contribution in [2.24, 2.45) is 4.40 Å². The van der Waals surface area contributed by atoms with Gasteiger partial charge < -0.3 is 14.4 Å². The van der Waals surface area contributed by atoms with Crippen molar-refractivity contribution in [3.63, 3.8) is 0 Å². The summed E-state index contributed by atoms with van der Waals surface area (Å²) < 4.78 is 39.0. The van der Waals surface area contributed by atoms with Crippen LogP contribution in [0.2, 0.25) is 0 Å². The Kier molecular flexibility index (Phi) is 4.35. The fourth-order valence-corrected chi connectivity index (χ4v) is 4.13. The molecule has 1 saturated heterocycles. The molecular formula is C18H20N2O4S. The molecule has 0 spiro atoms. The van der Waals surface area contributed by atoms with Gasteiger partial charge in [0, 0.05) is 31.2 Å². The van der Waals surface area contributed by atoms with E-state index in [2.05, 4.69) is 4.40 Å². The zero-order chi connectivity index (χ0) is 17.3. The third kappa shape index (κ3) is 3.62. The zero-order valence-electron chi connectivity index (χ0n) is 13.8. The SMILES string of the molecule is O=S1(=O)CCN2C=CC=C(c3ccc(OC4CCOCC4)cc3)C2=N1. The Labute approximate surface area is 147 Å². The molecule has 3 aliphatic heterocycles. The molecule has 7 heteroatoms. The lowest BCUT2D eigenvalue weighted by Crippen LogP contribution is -2.37. The second kappa shape index (κ2) is 6.65. The molecule has 0 aromatic heterocycles. The van der Waals surface area contributed by atoms with E-state index in [-0.39, 0.29) is 11.9 Å². The number of rotatable bonds is 3. The van der Waals surface area contributed by atoms with Crippen LogP contribution in [0.3, 0.4) is 0 Å². The summed E-state index contributed by atoms with van der Waals surface area (Å²) in [6, 6.07) is 7.74. The Morgan fingerprint density at radius 2 is 1.92 bits per heavy atom. The minimum Gasteiger partial charge on any atom is -0.490 e. The summed E-state index contributed by atoms with van der Waals surface area (Å²) in [6.07, 6.45) is 7.67. The summed E-state index contributed by atoms with van der Waals surface area (Å²) >= 11 is 0. The van der Waals surface area contributed by atoms with Crippen molar-refractivity contribution in [3.8, 4) is 5.75 Å². The number of hydrogen-bond acceptors (Lipinski definition) is 5. The molecule has 0 N–H and O–H groups in total. The summed E-state index contributed by atoms with van der Waals surface area (Å²) in [7, 11) is -3.39. The number of amidine groups is 1. The molecule has 0 aliphatic carbocycles. The molecule has 0 amide bonds. The van der Waals surface area contributed by atoms with Crippen LogP contribution in [0, 0.1) is 0 Å². The van der Waals surface area contributed by atoms with E-state index in [0.717, 1.165) is 42.9 Å². The van der Waals surface area contributed by atoms with E-state index in [1.807, 2.05) is 47.5 Å². The Balaban J connectivity index is 1.56. The molecule has 0 atom stereocenters. The van der Waals surface area contributed by atoms with Gasteiger partial charge in [-0.15, -0.1) is 4.40 Å². The van der Waals surface area contributed by atoms with Crippen LogP contribution in [-0.2, 0) is 14.8 Å². The lowest BCUT2D eigenvalue weighted by molar-refractivity contribution is 0.0256. The van der Waals surface area contributed by atoms with Crippen LogP contribution in [0.4, 0.5) is 0 Å². The van der Waals surface area contributed by atoms with E-state index in [9.17, 15) is 8.42 Å². The maximum atomic E-state index is 11.9. The van der Waals surface area contributed by atoms with Gasteiger partial charge in [-0.1, -0.05) is 12.1 Å². The molecule has 1 aromatic carbocycles. The molecule has 3 heterocycles. The normalized spacial score (nSPS) is 22.8. The molecule has 6 nitrogen and oxygen atoms in total. The first-order valence-electron chi connectivity index (χ1n) is 8.44. The van der Waals surface area contributed by atoms with Gasteiger partial charge in [0.2, 0.25) is 0 Å². The van der Waals surface area contributed by atoms with Gasteiger partial charge in [-0.25, -0.2) is 8.42 Å². The van der Waals surface area contributed by atoms with Crippen LogP contribution in [-0.4, -0.2) is 50.8 Å². The Bertz CT molecular complexity index is 834. The molecule has 1 fully saturated rings. The Hall–Kier alpha value is -2.12. The Morgan fingerprint density at radius 1 is 1.16 bits per heavy atom. The average Bonchev–Trinajstić information content (AvgIpc) is 2.62. The van der Waals surface area contributed by atoms with Gasteiger partial charge in [0.25, 0.3) is 10.0 Å². The molecular weight excluding hydrogens is 340 g/mol. The smallest absolute Gasteiger partial charge is 0.256 e. The van der Waals surface area contributed by atoms with Gasteiger partial charge in [-0.05, 0) is 29.8 Å².